The van der Waals surface area contributed by atoms with Gasteiger partial charge in [0.15, 0.2) is 12.2 Å². The van der Waals surface area contributed by atoms with E-state index < -0.39 is 97.5 Å². The summed E-state index contributed by atoms with van der Waals surface area (Å²) in [6.07, 6.45) is 46.2. The molecule has 0 aromatic rings. The van der Waals surface area contributed by atoms with Crippen LogP contribution in [0, 0.1) is 23.7 Å². The molecule has 0 aromatic carbocycles. The average molecular weight is 1350 g/mol. The minimum absolute atomic E-state index is 0.101. The molecule has 0 heterocycles. The van der Waals surface area contributed by atoms with Gasteiger partial charge in [0.2, 0.25) is 0 Å². The van der Waals surface area contributed by atoms with Crippen molar-refractivity contribution in [1.29, 1.82) is 0 Å². The van der Waals surface area contributed by atoms with E-state index in [0.717, 1.165) is 114 Å². The van der Waals surface area contributed by atoms with Gasteiger partial charge in [-0.05, 0) is 49.4 Å². The van der Waals surface area contributed by atoms with Crippen molar-refractivity contribution in [1.82, 2.24) is 0 Å². The summed E-state index contributed by atoms with van der Waals surface area (Å²) in [5.74, 6) is 0.832. The molecule has 0 amide bonds. The Hall–Kier alpha value is -1.94. The van der Waals surface area contributed by atoms with Crippen molar-refractivity contribution >= 4 is 39.5 Å². The molecule has 0 bridgehead atoms. The highest BCUT2D eigenvalue weighted by molar-refractivity contribution is 7.47. The number of carbonyl (C=O) groups is 4. The van der Waals surface area contributed by atoms with Crippen molar-refractivity contribution in [3.8, 4) is 0 Å². The lowest BCUT2D eigenvalue weighted by Crippen LogP contribution is -2.30. The molecule has 0 fully saturated rings. The van der Waals surface area contributed by atoms with Gasteiger partial charge in [0.1, 0.15) is 19.3 Å². The topological polar surface area (TPSA) is 237 Å². The number of phosphoric acid groups is 2. The number of ether oxygens (including phenoxy) is 4. The van der Waals surface area contributed by atoms with Gasteiger partial charge in [-0.25, -0.2) is 9.13 Å². The number of unbranched alkanes of at least 4 members (excludes halogenated alkanes) is 35. The Morgan fingerprint density at radius 2 is 0.522 bits per heavy atom. The second-order valence-electron chi connectivity index (χ2n) is 28.0. The van der Waals surface area contributed by atoms with Crippen LogP contribution in [0.3, 0.4) is 0 Å². The number of carbonyl (C=O) groups excluding carboxylic acids is 4. The lowest BCUT2D eigenvalue weighted by atomic mass is 10.00. The first-order chi connectivity index (χ1) is 44.1. The molecule has 0 aliphatic carbocycles. The summed E-state index contributed by atoms with van der Waals surface area (Å²) in [4.78, 5) is 72.5. The molecule has 0 rings (SSSR count). The van der Waals surface area contributed by atoms with E-state index in [2.05, 4.69) is 55.4 Å². The highest BCUT2D eigenvalue weighted by Gasteiger charge is 2.30. The van der Waals surface area contributed by atoms with Crippen LogP contribution in [0.5, 0.6) is 0 Å². The van der Waals surface area contributed by atoms with Crippen molar-refractivity contribution in [2.24, 2.45) is 23.7 Å². The number of rotatable bonds is 70. The van der Waals surface area contributed by atoms with E-state index in [1.54, 1.807) is 0 Å². The fourth-order valence-corrected chi connectivity index (χ4v) is 12.6. The highest BCUT2D eigenvalue weighted by Crippen LogP contribution is 2.45. The number of hydrogen-bond donors (Lipinski definition) is 3. The van der Waals surface area contributed by atoms with Crippen molar-refractivity contribution in [2.45, 2.75) is 382 Å². The summed E-state index contributed by atoms with van der Waals surface area (Å²) in [6, 6.07) is 0. The van der Waals surface area contributed by atoms with Crippen LogP contribution in [0.2, 0.25) is 0 Å². The van der Waals surface area contributed by atoms with E-state index in [9.17, 15) is 43.2 Å². The van der Waals surface area contributed by atoms with Gasteiger partial charge in [0.25, 0.3) is 0 Å². The maximum absolute atomic E-state index is 13.0. The number of aliphatic hydroxyl groups is 1. The van der Waals surface area contributed by atoms with Gasteiger partial charge in [0.05, 0.1) is 26.4 Å². The maximum Gasteiger partial charge on any atom is 0.472 e. The first-order valence-corrected chi connectivity index (χ1v) is 40.7. The van der Waals surface area contributed by atoms with Crippen LogP contribution < -0.4 is 0 Å². The highest BCUT2D eigenvalue weighted by atomic mass is 31.2. The fraction of sp³-hybridized carbons (Fsp3) is 0.945. The van der Waals surface area contributed by atoms with Crippen LogP contribution >= 0.6 is 15.6 Å². The number of hydrogen-bond acceptors (Lipinski definition) is 15. The molecule has 92 heavy (non-hydrogen) atoms. The van der Waals surface area contributed by atoms with Gasteiger partial charge in [-0.2, -0.15) is 0 Å². The van der Waals surface area contributed by atoms with Gasteiger partial charge in [0, 0.05) is 25.7 Å². The Bertz CT molecular complexity index is 1820. The zero-order chi connectivity index (χ0) is 68.2. The molecule has 19 heteroatoms. The molecule has 0 spiro atoms. The molecular weight excluding hydrogens is 1210 g/mol. The average Bonchev–Trinajstić information content (AvgIpc) is 1.60. The Morgan fingerprint density at radius 3 is 0.772 bits per heavy atom. The lowest BCUT2D eigenvalue weighted by molar-refractivity contribution is -0.161. The molecule has 0 saturated carbocycles. The van der Waals surface area contributed by atoms with Crippen molar-refractivity contribution < 1.29 is 80.2 Å². The number of aliphatic hydroxyl groups excluding tert-OH is 1. The minimum atomic E-state index is -4.95. The molecular formula is C73H142O17P2. The molecule has 6 atom stereocenters. The van der Waals surface area contributed by atoms with Gasteiger partial charge in [-0.15, -0.1) is 0 Å². The van der Waals surface area contributed by atoms with Crippen LogP contribution in [0.1, 0.15) is 364 Å². The summed E-state index contributed by atoms with van der Waals surface area (Å²) in [6.45, 7) is 14.1. The summed E-state index contributed by atoms with van der Waals surface area (Å²) >= 11 is 0. The van der Waals surface area contributed by atoms with Crippen LogP contribution in [-0.2, 0) is 65.4 Å². The molecule has 3 N–H and O–H groups in total. The van der Waals surface area contributed by atoms with Crippen LogP contribution in [0.25, 0.3) is 0 Å². The predicted molar refractivity (Wildman–Crippen MR) is 372 cm³/mol. The minimum Gasteiger partial charge on any atom is -0.462 e. The van der Waals surface area contributed by atoms with Gasteiger partial charge in [-0.3, -0.25) is 37.3 Å². The summed E-state index contributed by atoms with van der Waals surface area (Å²) in [7, 11) is -9.90. The Balaban J connectivity index is 5.16. The SMILES string of the molecule is CCC(C)CCCCCCCCC(=O)OC[C@H](COP(=O)(O)OC[C@H](O)COP(=O)(O)OC[C@@H](COC(=O)CCCCCCCCCCCC(C)C)OC(=O)CCCCCCCCC(C)C)OC(=O)CCCCCCCCCCCCCCCCCCCCC(C)C. The molecule has 3 unspecified atom stereocenters. The number of esters is 4. The zero-order valence-electron chi connectivity index (χ0n) is 60.2. The second-order valence-corrected chi connectivity index (χ2v) is 30.9. The van der Waals surface area contributed by atoms with E-state index >= 15 is 0 Å². The van der Waals surface area contributed by atoms with E-state index in [4.69, 9.17) is 37.0 Å². The van der Waals surface area contributed by atoms with E-state index in [0.29, 0.717) is 31.6 Å². The standard InChI is InChI=1S/C73H142O17P2/c1-9-66(8)52-44-36-30-32-38-46-54-71(76)84-60-68(89-72(77)55-47-39-28-23-19-17-15-13-11-10-12-14-16-18-21-25-33-41-49-63(2)3)61-87-91(79,80)85-57-67(74)58-86-92(81,82)88-62-69(90-73(78)56-48-40-31-29-35-43-51-65(6)7)59-83-70(75)53-45-37-27-24-20-22-26-34-42-50-64(4)5/h63-69,74H,9-62H2,1-8H3,(H,79,80)(H,81,82)/t66?,67-,68+,69+/m0/s1. The summed E-state index contributed by atoms with van der Waals surface area (Å²) < 4.78 is 68.3. The first kappa shape index (κ1) is 90.1. The summed E-state index contributed by atoms with van der Waals surface area (Å²) in [5.41, 5.74) is 0. The quantitative estimate of drug-likeness (QED) is 0.0222. The third-order valence-corrected chi connectivity index (χ3v) is 19.1. The van der Waals surface area contributed by atoms with Gasteiger partial charge >= 0.3 is 39.5 Å². The summed E-state index contributed by atoms with van der Waals surface area (Å²) in [5, 5.41) is 10.6. The van der Waals surface area contributed by atoms with E-state index in [1.807, 2.05) is 0 Å². The third-order valence-electron chi connectivity index (χ3n) is 17.2. The molecule has 17 nitrogen and oxygen atoms in total. The van der Waals surface area contributed by atoms with Crippen LogP contribution in [0.4, 0.5) is 0 Å². The van der Waals surface area contributed by atoms with Gasteiger partial charge in [-0.1, -0.05) is 312 Å². The Morgan fingerprint density at radius 1 is 0.304 bits per heavy atom. The molecule has 0 saturated heterocycles. The van der Waals surface area contributed by atoms with Crippen molar-refractivity contribution in [3.05, 3.63) is 0 Å². The van der Waals surface area contributed by atoms with Crippen molar-refractivity contribution in [2.75, 3.05) is 39.6 Å². The Labute approximate surface area is 562 Å². The van der Waals surface area contributed by atoms with E-state index in [-0.39, 0.29) is 25.7 Å². The zero-order valence-corrected chi connectivity index (χ0v) is 62.0. The first-order valence-electron chi connectivity index (χ1n) is 37.7. The van der Waals surface area contributed by atoms with Crippen molar-refractivity contribution in [3.63, 3.8) is 0 Å². The second kappa shape index (κ2) is 62.6. The monoisotopic (exact) mass is 1350 g/mol. The molecule has 0 aliphatic heterocycles. The van der Waals surface area contributed by atoms with Crippen LogP contribution in [-0.4, -0.2) is 96.7 Å². The third kappa shape index (κ3) is 65.4. The normalized spacial score (nSPS) is 14.5. The number of phosphoric ester groups is 2. The Kier molecular flexibility index (Phi) is 61.3. The van der Waals surface area contributed by atoms with E-state index in [1.165, 1.54) is 161 Å². The largest absolute Gasteiger partial charge is 0.472 e. The molecule has 0 radical (unpaired) electrons. The smallest absolute Gasteiger partial charge is 0.462 e. The predicted octanol–water partition coefficient (Wildman–Crippen LogP) is 20.9. The molecule has 0 aromatic heterocycles. The van der Waals surface area contributed by atoms with Gasteiger partial charge < -0.3 is 33.8 Å². The van der Waals surface area contributed by atoms with Crippen LogP contribution in [0.15, 0.2) is 0 Å². The molecule has 0 aliphatic rings. The lowest BCUT2D eigenvalue weighted by Gasteiger charge is -2.21. The molecule has 546 valence electrons. The fourth-order valence-electron chi connectivity index (χ4n) is 11.0. The maximum atomic E-state index is 13.0.